The van der Waals surface area contributed by atoms with E-state index in [0.717, 1.165) is 12.8 Å². The lowest BCUT2D eigenvalue weighted by molar-refractivity contribution is 0.0144. The molecular weight excluding hydrogens is 272 g/mol. The molecule has 7 nitrogen and oxygen atoms in total. The predicted molar refractivity (Wildman–Crippen MR) is 78.4 cm³/mol. The molecule has 0 radical (unpaired) electrons. The van der Waals surface area contributed by atoms with E-state index >= 15 is 0 Å². The molecule has 1 aliphatic heterocycles. The second-order valence-electron chi connectivity index (χ2n) is 6.18. The van der Waals surface area contributed by atoms with Crippen molar-refractivity contribution in [1.29, 1.82) is 0 Å². The molecule has 0 aliphatic carbocycles. The van der Waals surface area contributed by atoms with Gasteiger partial charge in [-0.05, 0) is 18.3 Å². The maximum Gasteiger partial charge on any atom is 0.332 e. The molecule has 3 heterocycles. The van der Waals surface area contributed by atoms with Gasteiger partial charge in [0.05, 0.1) is 6.33 Å². The van der Waals surface area contributed by atoms with E-state index in [4.69, 9.17) is 4.74 Å². The number of hydrogen-bond donors (Lipinski definition) is 0. The summed E-state index contributed by atoms with van der Waals surface area (Å²) in [5, 5.41) is 0. The van der Waals surface area contributed by atoms with Crippen molar-refractivity contribution in [3.63, 3.8) is 0 Å². The van der Waals surface area contributed by atoms with Gasteiger partial charge in [-0.3, -0.25) is 13.9 Å². The minimum atomic E-state index is -0.307. The van der Waals surface area contributed by atoms with E-state index in [1.807, 2.05) is 0 Å². The van der Waals surface area contributed by atoms with Crippen LogP contribution in [0.3, 0.4) is 0 Å². The van der Waals surface area contributed by atoms with Crippen LogP contribution in [-0.4, -0.2) is 31.9 Å². The van der Waals surface area contributed by atoms with Crippen molar-refractivity contribution in [3.05, 3.63) is 27.2 Å². The minimum Gasteiger partial charge on any atom is -0.381 e. The fraction of sp³-hybridized carbons (Fsp3) is 0.643. The van der Waals surface area contributed by atoms with Crippen molar-refractivity contribution in [2.24, 2.45) is 19.5 Å². The van der Waals surface area contributed by atoms with Crippen molar-refractivity contribution in [1.82, 2.24) is 18.7 Å². The van der Waals surface area contributed by atoms with Crippen molar-refractivity contribution in [2.45, 2.75) is 26.3 Å². The number of rotatable bonds is 2. The van der Waals surface area contributed by atoms with E-state index in [1.165, 1.54) is 9.13 Å². The van der Waals surface area contributed by atoms with E-state index in [0.29, 0.717) is 30.9 Å². The molecule has 2 aromatic rings. The Kier molecular flexibility index (Phi) is 3.24. The van der Waals surface area contributed by atoms with Crippen LogP contribution in [0.15, 0.2) is 15.9 Å². The number of imidazole rings is 1. The van der Waals surface area contributed by atoms with Crippen LogP contribution in [0.2, 0.25) is 0 Å². The zero-order valence-corrected chi connectivity index (χ0v) is 12.6. The van der Waals surface area contributed by atoms with Gasteiger partial charge in [0.15, 0.2) is 11.2 Å². The normalized spacial score (nSPS) is 18.2. The van der Waals surface area contributed by atoms with Crippen LogP contribution in [0, 0.1) is 5.41 Å². The Morgan fingerprint density at radius 1 is 1.29 bits per heavy atom. The van der Waals surface area contributed by atoms with Crippen molar-refractivity contribution in [2.75, 3.05) is 13.2 Å². The molecule has 0 bridgehead atoms. The summed E-state index contributed by atoms with van der Waals surface area (Å²) in [5.74, 6) is 0. The number of aromatic nitrogens is 4. The Morgan fingerprint density at radius 3 is 2.62 bits per heavy atom. The van der Waals surface area contributed by atoms with Gasteiger partial charge in [0.1, 0.15) is 0 Å². The van der Waals surface area contributed by atoms with Crippen LogP contribution in [0.1, 0.15) is 19.8 Å². The summed E-state index contributed by atoms with van der Waals surface area (Å²) in [5.41, 5.74) is 0.244. The molecule has 114 valence electrons. The zero-order chi connectivity index (χ0) is 15.2. The van der Waals surface area contributed by atoms with Gasteiger partial charge in [-0.25, -0.2) is 9.78 Å². The predicted octanol–water partition coefficient (Wildman–Crippen LogP) is 0.250. The Bertz CT molecular complexity index is 793. The second kappa shape index (κ2) is 4.84. The van der Waals surface area contributed by atoms with E-state index < -0.39 is 0 Å². The lowest BCUT2D eigenvalue weighted by Crippen LogP contribution is -2.44. The molecular formula is C14H20N4O3. The first-order valence-corrected chi connectivity index (χ1v) is 7.11. The molecule has 21 heavy (non-hydrogen) atoms. The monoisotopic (exact) mass is 292 g/mol. The SMILES string of the molecule is Cn1cnc2c1c(=O)n(CC1(C)CCOCC1)c(=O)n2C. The molecule has 0 unspecified atom stereocenters. The maximum atomic E-state index is 12.7. The zero-order valence-electron chi connectivity index (χ0n) is 12.6. The summed E-state index contributed by atoms with van der Waals surface area (Å²) >= 11 is 0. The lowest BCUT2D eigenvalue weighted by Gasteiger charge is -2.33. The van der Waals surface area contributed by atoms with Crippen LogP contribution in [0.4, 0.5) is 0 Å². The average molecular weight is 292 g/mol. The molecule has 7 heteroatoms. The highest BCUT2D eigenvalue weighted by molar-refractivity contribution is 5.69. The van der Waals surface area contributed by atoms with Gasteiger partial charge in [-0.2, -0.15) is 0 Å². The number of hydrogen-bond acceptors (Lipinski definition) is 4. The third-order valence-corrected chi connectivity index (χ3v) is 4.44. The largest absolute Gasteiger partial charge is 0.381 e. The van der Waals surface area contributed by atoms with Crippen molar-refractivity contribution in [3.8, 4) is 0 Å². The molecule has 0 spiro atoms. The van der Waals surface area contributed by atoms with Crippen LogP contribution in [0.5, 0.6) is 0 Å². The Hall–Kier alpha value is -1.89. The maximum absolute atomic E-state index is 12.7. The van der Waals surface area contributed by atoms with Crippen molar-refractivity contribution < 1.29 is 4.74 Å². The van der Waals surface area contributed by atoms with E-state index in [-0.39, 0.29) is 16.7 Å². The lowest BCUT2D eigenvalue weighted by atomic mass is 9.82. The first kappa shape index (κ1) is 14.1. The number of aryl methyl sites for hydroxylation is 2. The van der Waals surface area contributed by atoms with Gasteiger partial charge in [0.25, 0.3) is 5.56 Å². The minimum absolute atomic E-state index is 0.0828. The summed E-state index contributed by atoms with van der Waals surface area (Å²) < 4.78 is 9.83. The van der Waals surface area contributed by atoms with Gasteiger partial charge < -0.3 is 9.30 Å². The molecule has 0 atom stereocenters. The van der Waals surface area contributed by atoms with Gasteiger partial charge in [-0.1, -0.05) is 6.92 Å². The highest BCUT2D eigenvalue weighted by Crippen LogP contribution is 2.30. The fourth-order valence-corrected chi connectivity index (χ4v) is 2.94. The van der Waals surface area contributed by atoms with E-state index in [2.05, 4.69) is 11.9 Å². The third-order valence-electron chi connectivity index (χ3n) is 4.44. The fourth-order valence-electron chi connectivity index (χ4n) is 2.94. The number of ether oxygens (including phenoxy) is 1. The molecule has 1 aliphatic rings. The molecule has 3 rings (SSSR count). The highest BCUT2D eigenvalue weighted by atomic mass is 16.5. The summed E-state index contributed by atoms with van der Waals surface area (Å²) in [7, 11) is 3.42. The van der Waals surface area contributed by atoms with Gasteiger partial charge in [0, 0.05) is 33.9 Å². The smallest absolute Gasteiger partial charge is 0.332 e. The number of nitrogens with zero attached hydrogens (tertiary/aromatic N) is 4. The van der Waals surface area contributed by atoms with Crippen LogP contribution < -0.4 is 11.2 Å². The quantitative estimate of drug-likeness (QED) is 0.795. The molecule has 1 saturated heterocycles. The molecule has 0 N–H and O–H groups in total. The van der Waals surface area contributed by atoms with E-state index in [9.17, 15) is 9.59 Å². The highest BCUT2D eigenvalue weighted by Gasteiger charge is 2.30. The standard InChI is InChI=1S/C14H20N4O3/c1-14(4-6-21-7-5-14)8-18-12(19)10-11(15-9-16(10)2)17(3)13(18)20/h9H,4-8H2,1-3H3. The molecule has 0 amide bonds. The van der Waals surface area contributed by atoms with Crippen LogP contribution in [0.25, 0.3) is 11.2 Å². The topological polar surface area (TPSA) is 71.1 Å². The van der Waals surface area contributed by atoms with Gasteiger partial charge in [-0.15, -0.1) is 0 Å². The average Bonchev–Trinajstić information content (AvgIpc) is 2.84. The number of fused-ring (bicyclic) bond motifs is 1. The molecule has 0 aromatic carbocycles. The van der Waals surface area contributed by atoms with Gasteiger partial charge >= 0.3 is 5.69 Å². The first-order valence-electron chi connectivity index (χ1n) is 7.11. The third kappa shape index (κ3) is 2.21. The molecule has 1 fully saturated rings. The van der Waals surface area contributed by atoms with Crippen LogP contribution >= 0.6 is 0 Å². The summed E-state index contributed by atoms with van der Waals surface area (Å²) in [6, 6.07) is 0. The Morgan fingerprint density at radius 2 is 1.95 bits per heavy atom. The first-order chi connectivity index (χ1) is 9.93. The molecule has 0 saturated carbocycles. The van der Waals surface area contributed by atoms with Crippen molar-refractivity contribution >= 4 is 11.2 Å². The second-order valence-corrected chi connectivity index (χ2v) is 6.18. The summed E-state index contributed by atoms with van der Waals surface area (Å²) in [4.78, 5) is 29.3. The summed E-state index contributed by atoms with van der Waals surface area (Å²) in [6.07, 6.45) is 3.27. The Labute approximate surface area is 121 Å². The Balaban J connectivity index is 2.16. The van der Waals surface area contributed by atoms with Crippen LogP contribution in [-0.2, 0) is 25.4 Å². The summed E-state index contributed by atoms with van der Waals surface area (Å²) in [6.45, 7) is 3.89. The van der Waals surface area contributed by atoms with E-state index in [1.54, 1.807) is 25.0 Å². The van der Waals surface area contributed by atoms with Gasteiger partial charge in [0.2, 0.25) is 0 Å². The molecule has 2 aromatic heterocycles.